The fraction of sp³-hybridized carbons (Fsp3) is 0.294. The van der Waals surface area contributed by atoms with Crippen molar-refractivity contribution >= 4 is 17.3 Å². The minimum absolute atomic E-state index is 0.592. The molecular formula is C17H20ClNO2. The fourth-order valence-corrected chi connectivity index (χ4v) is 1.97. The molecule has 2 N–H and O–H groups in total. The number of rotatable bonds is 6. The van der Waals surface area contributed by atoms with E-state index >= 15 is 0 Å². The molecule has 2 aromatic carbocycles. The molecular weight excluding hydrogens is 286 g/mol. The van der Waals surface area contributed by atoms with Crippen LogP contribution in [0, 0.1) is 13.8 Å². The largest absolute Gasteiger partial charge is 0.493 e. The number of hydrogen-bond donors (Lipinski definition) is 1. The highest BCUT2D eigenvalue weighted by molar-refractivity contribution is 6.31. The zero-order chi connectivity index (χ0) is 15.2. The van der Waals surface area contributed by atoms with Crippen LogP contribution in [0.15, 0.2) is 36.4 Å². The molecule has 2 aromatic rings. The van der Waals surface area contributed by atoms with E-state index in [4.69, 9.17) is 26.8 Å². The average Bonchev–Trinajstić information content (AvgIpc) is 2.46. The lowest BCUT2D eigenvalue weighted by Crippen LogP contribution is -2.05. The van der Waals surface area contributed by atoms with Gasteiger partial charge in [-0.1, -0.05) is 17.7 Å². The first-order valence-electron chi connectivity index (χ1n) is 6.94. The molecule has 4 heteroatoms. The third-order valence-electron chi connectivity index (χ3n) is 3.21. The second-order valence-corrected chi connectivity index (χ2v) is 5.39. The minimum Gasteiger partial charge on any atom is -0.493 e. The fourth-order valence-electron chi connectivity index (χ4n) is 1.85. The number of anilines is 1. The van der Waals surface area contributed by atoms with Crippen LogP contribution >= 0.6 is 11.6 Å². The van der Waals surface area contributed by atoms with Crippen molar-refractivity contribution in [1.29, 1.82) is 0 Å². The molecule has 0 atom stereocenters. The van der Waals surface area contributed by atoms with Gasteiger partial charge < -0.3 is 15.2 Å². The van der Waals surface area contributed by atoms with Crippen molar-refractivity contribution in [3.63, 3.8) is 0 Å². The third-order valence-corrected chi connectivity index (χ3v) is 3.63. The Morgan fingerprint density at radius 3 is 2.14 bits per heavy atom. The summed E-state index contributed by atoms with van der Waals surface area (Å²) in [5, 5.41) is 0.752. The lowest BCUT2D eigenvalue weighted by molar-refractivity contribution is 0.247. The highest BCUT2D eigenvalue weighted by atomic mass is 35.5. The Hall–Kier alpha value is -1.87. The maximum absolute atomic E-state index is 5.97. The molecule has 0 bridgehead atoms. The summed E-state index contributed by atoms with van der Waals surface area (Å²) in [6, 6.07) is 11.4. The van der Waals surface area contributed by atoms with E-state index in [9.17, 15) is 0 Å². The van der Waals surface area contributed by atoms with Crippen molar-refractivity contribution in [2.75, 3.05) is 18.9 Å². The molecule has 0 saturated carbocycles. The van der Waals surface area contributed by atoms with Crippen molar-refractivity contribution < 1.29 is 9.47 Å². The van der Waals surface area contributed by atoms with Gasteiger partial charge in [-0.25, -0.2) is 0 Å². The molecule has 0 fully saturated rings. The molecule has 3 nitrogen and oxygen atoms in total. The van der Waals surface area contributed by atoms with E-state index in [2.05, 4.69) is 0 Å². The lowest BCUT2D eigenvalue weighted by atomic mass is 10.2. The van der Waals surface area contributed by atoms with Gasteiger partial charge in [0.15, 0.2) is 0 Å². The second-order valence-electron chi connectivity index (χ2n) is 4.98. The quantitative estimate of drug-likeness (QED) is 0.636. The maximum atomic E-state index is 5.97. The van der Waals surface area contributed by atoms with Crippen LogP contribution in [0.25, 0.3) is 0 Å². The van der Waals surface area contributed by atoms with Crippen LogP contribution in [-0.2, 0) is 0 Å². The average molecular weight is 306 g/mol. The topological polar surface area (TPSA) is 44.5 Å². The Labute approximate surface area is 130 Å². The first kappa shape index (κ1) is 15.5. The molecule has 0 heterocycles. The summed E-state index contributed by atoms with van der Waals surface area (Å²) < 4.78 is 11.3. The van der Waals surface area contributed by atoms with E-state index < -0.39 is 0 Å². The molecule has 0 unspecified atom stereocenters. The van der Waals surface area contributed by atoms with Crippen molar-refractivity contribution in [1.82, 2.24) is 0 Å². The van der Waals surface area contributed by atoms with Crippen LogP contribution in [-0.4, -0.2) is 13.2 Å². The standard InChI is InChI=1S/C17H20ClNO2/c1-12-4-5-15(11-17(12)19)21-9-3-8-20-14-6-7-16(18)13(2)10-14/h4-7,10-11H,3,8-9,19H2,1-2H3. The first-order valence-corrected chi connectivity index (χ1v) is 7.32. The van der Waals surface area contributed by atoms with Crippen molar-refractivity contribution in [3.05, 3.63) is 52.5 Å². The number of halogens is 1. The van der Waals surface area contributed by atoms with Crippen molar-refractivity contribution in [2.45, 2.75) is 20.3 Å². The smallest absolute Gasteiger partial charge is 0.121 e. The Morgan fingerprint density at radius 2 is 1.52 bits per heavy atom. The van der Waals surface area contributed by atoms with Gasteiger partial charge in [-0.2, -0.15) is 0 Å². The predicted molar refractivity (Wildman–Crippen MR) is 87.4 cm³/mol. The Morgan fingerprint density at radius 1 is 0.905 bits per heavy atom. The summed E-state index contributed by atoms with van der Waals surface area (Å²) in [5.74, 6) is 1.62. The normalized spacial score (nSPS) is 10.4. The molecule has 21 heavy (non-hydrogen) atoms. The van der Waals surface area contributed by atoms with Crippen LogP contribution in [0.4, 0.5) is 5.69 Å². The molecule has 2 rings (SSSR count). The van der Waals surface area contributed by atoms with Crippen molar-refractivity contribution in [3.8, 4) is 11.5 Å². The van der Waals surface area contributed by atoms with E-state index in [-0.39, 0.29) is 0 Å². The number of benzene rings is 2. The van der Waals surface area contributed by atoms with Gasteiger partial charge in [0.1, 0.15) is 11.5 Å². The van der Waals surface area contributed by atoms with Gasteiger partial charge in [-0.15, -0.1) is 0 Å². The van der Waals surface area contributed by atoms with Gasteiger partial charge >= 0.3 is 0 Å². The molecule has 0 spiro atoms. The summed E-state index contributed by atoms with van der Waals surface area (Å²) in [7, 11) is 0. The monoisotopic (exact) mass is 305 g/mol. The van der Waals surface area contributed by atoms with E-state index in [1.54, 1.807) is 0 Å². The van der Waals surface area contributed by atoms with Crippen LogP contribution in [0.1, 0.15) is 17.5 Å². The molecule has 0 amide bonds. The van der Waals surface area contributed by atoms with Gasteiger partial charge in [0.25, 0.3) is 0 Å². The number of nitrogen functional groups attached to an aromatic ring is 1. The predicted octanol–water partition coefficient (Wildman–Crippen LogP) is 4.39. The highest BCUT2D eigenvalue weighted by Crippen LogP contribution is 2.21. The van der Waals surface area contributed by atoms with Gasteiger partial charge in [0.2, 0.25) is 0 Å². The van der Waals surface area contributed by atoms with Crippen LogP contribution < -0.4 is 15.2 Å². The number of nitrogens with two attached hydrogens (primary N) is 1. The van der Waals surface area contributed by atoms with Gasteiger partial charge in [-0.05, 0) is 49.2 Å². The number of hydrogen-bond acceptors (Lipinski definition) is 3. The number of ether oxygens (including phenoxy) is 2. The van der Waals surface area contributed by atoms with Crippen LogP contribution in [0.3, 0.4) is 0 Å². The van der Waals surface area contributed by atoms with E-state index in [0.29, 0.717) is 13.2 Å². The molecule has 0 aliphatic rings. The maximum Gasteiger partial charge on any atom is 0.121 e. The lowest BCUT2D eigenvalue weighted by Gasteiger charge is -2.10. The zero-order valence-electron chi connectivity index (χ0n) is 12.4. The first-order chi connectivity index (χ1) is 10.1. The molecule has 0 aliphatic heterocycles. The van der Waals surface area contributed by atoms with Crippen molar-refractivity contribution in [2.24, 2.45) is 0 Å². The molecule has 0 aliphatic carbocycles. The summed E-state index contributed by atoms with van der Waals surface area (Å²) in [4.78, 5) is 0. The minimum atomic E-state index is 0.592. The van der Waals surface area contributed by atoms with E-state index in [1.165, 1.54) is 0 Å². The Balaban J connectivity index is 1.72. The van der Waals surface area contributed by atoms with Crippen LogP contribution in [0.5, 0.6) is 11.5 Å². The summed E-state index contributed by atoms with van der Waals surface area (Å²) in [6.07, 6.45) is 0.801. The SMILES string of the molecule is Cc1ccc(OCCCOc2ccc(Cl)c(C)c2)cc1N. The van der Waals surface area contributed by atoms with Crippen LogP contribution in [0.2, 0.25) is 5.02 Å². The molecule has 0 aromatic heterocycles. The Bertz CT molecular complexity index is 560. The van der Waals surface area contributed by atoms with Gasteiger partial charge in [0, 0.05) is 23.2 Å². The zero-order valence-corrected chi connectivity index (χ0v) is 13.1. The summed E-state index contributed by atoms with van der Waals surface area (Å²) in [6.45, 7) is 5.12. The van der Waals surface area contributed by atoms with E-state index in [0.717, 1.165) is 39.8 Å². The second kappa shape index (κ2) is 7.23. The third kappa shape index (κ3) is 4.57. The Kier molecular flexibility index (Phi) is 5.34. The number of aryl methyl sites for hydroxylation is 2. The molecule has 0 radical (unpaired) electrons. The van der Waals surface area contributed by atoms with Gasteiger partial charge in [-0.3, -0.25) is 0 Å². The van der Waals surface area contributed by atoms with E-state index in [1.807, 2.05) is 50.2 Å². The molecule has 0 saturated heterocycles. The highest BCUT2D eigenvalue weighted by Gasteiger charge is 2.00. The summed E-state index contributed by atoms with van der Waals surface area (Å²) >= 11 is 5.97. The molecule has 112 valence electrons. The summed E-state index contributed by atoms with van der Waals surface area (Å²) in [5.41, 5.74) is 8.66. The van der Waals surface area contributed by atoms with Gasteiger partial charge in [0.05, 0.1) is 13.2 Å².